The number of likely N-dealkylation sites (N-methyl/N-ethyl adjacent to an activating group) is 1. The number of carbonyl (C=O) groups excluding carboxylic acids is 2. The lowest BCUT2D eigenvalue weighted by Crippen LogP contribution is -2.46. The summed E-state index contributed by atoms with van der Waals surface area (Å²) < 4.78 is 10.4. The molecule has 0 spiro atoms. The summed E-state index contributed by atoms with van der Waals surface area (Å²) in [5, 5.41) is 0. The van der Waals surface area contributed by atoms with E-state index in [0.717, 1.165) is 5.56 Å². The van der Waals surface area contributed by atoms with Crippen LogP contribution in [0.3, 0.4) is 0 Å². The second-order valence-corrected chi connectivity index (χ2v) is 4.89. The molecule has 0 bridgehead atoms. The number of carbonyl (C=O) groups is 2. The second kappa shape index (κ2) is 7.64. The maximum Gasteiger partial charge on any atom is 0.410 e. The number of nitrogens with zero attached hydrogens (tertiary/aromatic N) is 2. The van der Waals surface area contributed by atoms with Crippen LogP contribution in [0.1, 0.15) is 5.56 Å². The standard InChI is InChI=1S/C15H20N2O4/c1-16(11-14(18)17-7-9-20-10-8-17)15(19)21-12-13-5-3-2-4-6-13/h2-6H,7-12H2,1H3. The lowest BCUT2D eigenvalue weighted by Gasteiger charge is -2.28. The third-order valence-electron chi connectivity index (χ3n) is 3.25. The van der Waals surface area contributed by atoms with Crippen LogP contribution in [-0.2, 0) is 20.9 Å². The Hall–Kier alpha value is -2.08. The van der Waals surface area contributed by atoms with E-state index in [2.05, 4.69) is 0 Å². The molecule has 0 radical (unpaired) electrons. The Kier molecular flexibility index (Phi) is 5.57. The summed E-state index contributed by atoms with van der Waals surface area (Å²) in [6.07, 6.45) is -0.500. The summed E-state index contributed by atoms with van der Waals surface area (Å²) in [6, 6.07) is 9.43. The maximum absolute atomic E-state index is 12.0. The molecule has 0 aliphatic carbocycles. The number of rotatable bonds is 4. The third kappa shape index (κ3) is 4.75. The molecule has 0 aromatic heterocycles. The Morgan fingerprint density at radius 3 is 2.57 bits per heavy atom. The molecule has 1 aromatic carbocycles. The van der Waals surface area contributed by atoms with Crippen molar-refractivity contribution in [3.05, 3.63) is 35.9 Å². The molecule has 2 rings (SSSR count). The fourth-order valence-electron chi connectivity index (χ4n) is 2.01. The number of amides is 2. The van der Waals surface area contributed by atoms with Crippen LogP contribution >= 0.6 is 0 Å². The molecule has 1 fully saturated rings. The third-order valence-corrected chi connectivity index (χ3v) is 3.25. The Labute approximate surface area is 124 Å². The molecule has 114 valence electrons. The van der Waals surface area contributed by atoms with Crippen LogP contribution in [0, 0.1) is 0 Å². The Morgan fingerprint density at radius 2 is 1.90 bits per heavy atom. The minimum absolute atomic E-state index is 0.0215. The zero-order valence-electron chi connectivity index (χ0n) is 12.2. The van der Waals surface area contributed by atoms with Crippen molar-refractivity contribution in [1.29, 1.82) is 0 Å². The van der Waals surface area contributed by atoms with Crippen molar-refractivity contribution < 1.29 is 19.1 Å². The molecule has 0 unspecified atom stereocenters. The zero-order chi connectivity index (χ0) is 15.1. The van der Waals surface area contributed by atoms with E-state index in [9.17, 15) is 9.59 Å². The minimum atomic E-state index is -0.500. The Balaban J connectivity index is 1.75. The van der Waals surface area contributed by atoms with Crippen molar-refractivity contribution in [2.75, 3.05) is 39.9 Å². The molecule has 1 aromatic rings. The Morgan fingerprint density at radius 1 is 1.24 bits per heavy atom. The van der Waals surface area contributed by atoms with Crippen molar-refractivity contribution >= 4 is 12.0 Å². The molecule has 1 aliphatic heterocycles. The van der Waals surface area contributed by atoms with Gasteiger partial charge in [0, 0.05) is 20.1 Å². The van der Waals surface area contributed by atoms with Gasteiger partial charge in [-0.25, -0.2) is 4.79 Å². The predicted octanol–water partition coefficient (Wildman–Crippen LogP) is 1.11. The van der Waals surface area contributed by atoms with Crippen LogP contribution in [0.5, 0.6) is 0 Å². The van der Waals surface area contributed by atoms with E-state index in [1.54, 1.807) is 11.9 Å². The quantitative estimate of drug-likeness (QED) is 0.834. The second-order valence-electron chi connectivity index (χ2n) is 4.89. The molecule has 6 nitrogen and oxygen atoms in total. The van der Waals surface area contributed by atoms with Crippen molar-refractivity contribution in [3.8, 4) is 0 Å². The minimum Gasteiger partial charge on any atom is -0.445 e. The molecular weight excluding hydrogens is 272 g/mol. The first kappa shape index (κ1) is 15.3. The van der Waals surface area contributed by atoms with E-state index >= 15 is 0 Å². The predicted molar refractivity (Wildman–Crippen MR) is 76.7 cm³/mol. The zero-order valence-corrected chi connectivity index (χ0v) is 12.2. The summed E-state index contributed by atoms with van der Waals surface area (Å²) >= 11 is 0. The highest BCUT2D eigenvalue weighted by Crippen LogP contribution is 2.04. The normalized spacial score (nSPS) is 14.6. The number of benzene rings is 1. The van der Waals surface area contributed by atoms with Gasteiger partial charge in [-0.2, -0.15) is 0 Å². The van der Waals surface area contributed by atoms with Crippen LogP contribution in [0.2, 0.25) is 0 Å². The number of hydrogen-bond acceptors (Lipinski definition) is 4. The van der Waals surface area contributed by atoms with Gasteiger partial charge in [-0.3, -0.25) is 4.79 Å². The highest BCUT2D eigenvalue weighted by Gasteiger charge is 2.20. The van der Waals surface area contributed by atoms with Crippen LogP contribution in [0.4, 0.5) is 4.79 Å². The largest absolute Gasteiger partial charge is 0.445 e. The summed E-state index contributed by atoms with van der Waals surface area (Å²) in [5.74, 6) is -0.0857. The highest BCUT2D eigenvalue weighted by molar-refractivity contribution is 5.82. The first-order valence-electron chi connectivity index (χ1n) is 6.94. The molecule has 0 N–H and O–H groups in total. The van der Waals surface area contributed by atoms with Crippen LogP contribution in [-0.4, -0.2) is 61.7 Å². The lowest BCUT2D eigenvalue weighted by atomic mass is 10.2. The van der Waals surface area contributed by atoms with Gasteiger partial charge in [0.05, 0.1) is 13.2 Å². The van der Waals surface area contributed by atoms with Gasteiger partial charge in [-0.15, -0.1) is 0 Å². The van der Waals surface area contributed by atoms with E-state index in [-0.39, 0.29) is 19.1 Å². The van der Waals surface area contributed by atoms with Crippen molar-refractivity contribution in [2.45, 2.75) is 6.61 Å². The van der Waals surface area contributed by atoms with Gasteiger partial charge in [0.2, 0.25) is 5.91 Å². The summed E-state index contributed by atoms with van der Waals surface area (Å²) in [7, 11) is 1.56. The van der Waals surface area contributed by atoms with Gasteiger partial charge in [0.1, 0.15) is 13.2 Å². The highest BCUT2D eigenvalue weighted by atomic mass is 16.6. The van der Waals surface area contributed by atoms with E-state index in [0.29, 0.717) is 26.3 Å². The number of ether oxygens (including phenoxy) is 2. The van der Waals surface area contributed by atoms with Gasteiger partial charge < -0.3 is 19.3 Å². The SMILES string of the molecule is CN(CC(=O)N1CCOCC1)C(=O)OCc1ccccc1. The fourth-order valence-corrected chi connectivity index (χ4v) is 2.01. The fraction of sp³-hybridized carbons (Fsp3) is 0.467. The van der Waals surface area contributed by atoms with E-state index < -0.39 is 6.09 Å². The van der Waals surface area contributed by atoms with Crippen LogP contribution in [0.25, 0.3) is 0 Å². The smallest absolute Gasteiger partial charge is 0.410 e. The van der Waals surface area contributed by atoms with Crippen molar-refractivity contribution in [3.63, 3.8) is 0 Å². The van der Waals surface area contributed by atoms with E-state index in [1.165, 1.54) is 4.90 Å². The molecule has 1 saturated heterocycles. The molecule has 0 saturated carbocycles. The van der Waals surface area contributed by atoms with E-state index in [1.807, 2.05) is 30.3 Å². The average molecular weight is 292 g/mol. The number of morpholine rings is 1. The Bertz CT molecular complexity index is 472. The van der Waals surface area contributed by atoms with Gasteiger partial charge in [0.15, 0.2) is 0 Å². The van der Waals surface area contributed by atoms with Crippen molar-refractivity contribution in [1.82, 2.24) is 9.80 Å². The van der Waals surface area contributed by atoms with Gasteiger partial charge in [-0.05, 0) is 5.56 Å². The van der Waals surface area contributed by atoms with Gasteiger partial charge in [-0.1, -0.05) is 30.3 Å². The summed E-state index contributed by atoms with van der Waals surface area (Å²) in [5.41, 5.74) is 0.916. The molecular formula is C15H20N2O4. The van der Waals surface area contributed by atoms with Crippen LogP contribution < -0.4 is 0 Å². The lowest BCUT2D eigenvalue weighted by molar-refractivity contribution is -0.135. The molecule has 1 heterocycles. The number of hydrogen-bond donors (Lipinski definition) is 0. The average Bonchev–Trinajstić information content (AvgIpc) is 2.54. The van der Waals surface area contributed by atoms with Crippen molar-refractivity contribution in [2.24, 2.45) is 0 Å². The van der Waals surface area contributed by atoms with Gasteiger partial charge in [0.25, 0.3) is 0 Å². The molecule has 0 atom stereocenters. The molecule has 2 amide bonds. The van der Waals surface area contributed by atoms with Gasteiger partial charge >= 0.3 is 6.09 Å². The maximum atomic E-state index is 12.0. The topological polar surface area (TPSA) is 59.1 Å². The van der Waals surface area contributed by atoms with E-state index in [4.69, 9.17) is 9.47 Å². The first-order valence-corrected chi connectivity index (χ1v) is 6.94. The molecule has 6 heteroatoms. The molecule has 1 aliphatic rings. The van der Waals surface area contributed by atoms with Crippen LogP contribution in [0.15, 0.2) is 30.3 Å². The molecule has 21 heavy (non-hydrogen) atoms. The first-order chi connectivity index (χ1) is 10.2. The monoisotopic (exact) mass is 292 g/mol. The summed E-state index contributed by atoms with van der Waals surface area (Å²) in [4.78, 5) is 26.8. The summed E-state index contributed by atoms with van der Waals surface area (Å²) in [6.45, 7) is 2.47.